The van der Waals surface area contributed by atoms with Gasteiger partial charge in [-0.1, -0.05) is 17.4 Å². The molecule has 2 saturated carbocycles. The highest BCUT2D eigenvalue weighted by Crippen LogP contribution is 2.68. The molecule has 4 aromatic rings. The van der Waals surface area contributed by atoms with Crippen molar-refractivity contribution in [3.63, 3.8) is 0 Å². The third-order valence-electron chi connectivity index (χ3n) is 10.2. The summed E-state index contributed by atoms with van der Waals surface area (Å²) in [6, 6.07) is 18.8. The van der Waals surface area contributed by atoms with Gasteiger partial charge in [0.05, 0.1) is 36.3 Å². The van der Waals surface area contributed by atoms with Crippen molar-refractivity contribution in [1.82, 2.24) is 4.98 Å². The van der Waals surface area contributed by atoms with Crippen LogP contribution in [0.1, 0.15) is 29.7 Å². The number of thiazole rings is 1. The zero-order valence-electron chi connectivity index (χ0n) is 26.6. The number of amides is 3. The van der Waals surface area contributed by atoms with Crippen molar-refractivity contribution in [3.8, 4) is 23.0 Å². The second kappa shape index (κ2) is 12.3. The van der Waals surface area contributed by atoms with Gasteiger partial charge in [0.1, 0.15) is 11.5 Å². The third kappa shape index (κ3) is 5.26. The van der Waals surface area contributed by atoms with E-state index < -0.39 is 11.8 Å². The average molecular weight is 700 g/mol. The second-order valence-electron chi connectivity index (χ2n) is 12.7. The van der Waals surface area contributed by atoms with Crippen LogP contribution < -0.4 is 29.3 Å². The van der Waals surface area contributed by atoms with Gasteiger partial charge in [-0.15, -0.1) is 11.8 Å². The molecule has 2 aliphatic carbocycles. The minimum Gasteiger partial charge on any atom is -0.508 e. The molecule has 1 saturated heterocycles. The maximum Gasteiger partial charge on any atom is 0.305 e. The zero-order valence-corrected chi connectivity index (χ0v) is 28.2. The predicted molar refractivity (Wildman–Crippen MR) is 184 cm³/mol. The molecular formula is C36H33N3O8S2. The number of fused-ring (bicyclic) bond motifs is 9. The Morgan fingerprint density at radius 2 is 1.69 bits per heavy atom. The number of methoxy groups -OCH3 is 1. The van der Waals surface area contributed by atoms with Crippen LogP contribution >= 0.6 is 23.1 Å². The number of hydrogen-bond donors (Lipinski definition) is 3. The quantitative estimate of drug-likeness (QED) is 0.158. The SMILES string of the molecule is CCOc1cc([C@H]2c3sc(=O)[nH]c3SC3C4CC(C5C(=O)N(c6ccc(OC)cc6)C(=O)C45)C32)ccc1OCC(=O)Nc1ccc(O)cc1. The first-order valence-corrected chi connectivity index (χ1v) is 17.8. The average Bonchev–Trinajstić information content (AvgIpc) is 3.84. The molecule has 252 valence electrons. The molecule has 3 fully saturated rings. The number of ether oxygens (including phenoxy) is 3. The summed E-state index contributed by atoms with van der Waals surface area (Å²) in [5, 5.41) is 13.1. The number of anilines is 2. The minimum atomic E-state index is -0.428. The Labute approximate surface area is 289 Å². The summed E-state index contributed by atoms with van der Waals surface area (Å²) in [7, 11) is 1.57. The minimum absolute atomic E-state index is 0.00943. The number of carbonyl (C=O) groups is 3. The highest BCUT2D eigenvalue weighted by molar-refractivity contribution is 8.00. The van der Waals surface area contributed by atoms with Crippen LogP contribution in [0.2, 0.25) is 0 Å². The number of rotatable bonds is 9. The van der Waals surface area contributed by atoms with Crippen molar-refractivity contribution in [2.75, 3.05) is 30.5 Å². The molecule has 11 nitrogen and oxygen atoms in total. The summed E-state index contributed by atoms with van der Waals surface area (Å²) in [6.07, 6.45) is 0.775. The van der Waals surface area contributed by atoms with Gasteiger partial charge in [-0.3, -0.25) is 24.1 Å². The van der Waals surface area contributed by atoms with Crippen LogP contribution in [0.3, 0.4) is 0 Å². The molecule has 4 aliphatic rings. The molecule has 0 radical (unpaired) electrons. The number of aromatic nitrogens is 1. The van der Waals surface area contributed by atoms with Crippen LogP contribution in [0.5, 0.6) is 23.0 Å². The monoisotopic (exact) mass is 699 g/mol. The van der Waals surface area contributed by atoms with Crippen LogP contribution in [0, 0.1) is 29.6 Å². The molecule has 3 N–H and O–H groups in total. The molecule has 2 bridgehead atoms. The molecule has 2 aliphatic heterocycles. The van der Waals surface area contributed by atoms with E-state index in [1.54, 1.807) is 61.3 Å². The standard InChI is InChI=1S/C36H33N3O8S2/c1-3-46-25-14-17(4-13-24(25)47-16-26(41)37-18-5-9-20(40)10-6-18)27-28-22-15-23(31(28)48-33-32(27)49-36(44)38-33)30-29(22)34(42)39(35(30)43)19-7-11-21(45-2)12-8-19/h4-14,22-23,27-31,40H,3,15-16H2,1-2H3,(H,37,41)(H,38,44)/t22?,23?,27-,28?,29?,30?,31?/m1/s1. The summed E-state index contributed by atoms with van der Waals surface area (Å²) in [4.78, 5) is 58.6. The summed E-state index contributed by atoms with van der Waals surface area (Å²) in [5.41, 5.74) is 2.00. The van der Waals surface area contributed by atoms with E-state index in [1.165, 1.54) is 28.4 Å². The van der Waals surface area contributed by atoms with Gasteiger partial charge in [0.15, 0.2) is 18.1 Å². The number of phenolic OH excluding ortho intramolecular Hbond substituents is 1. The normalized spacial score (nSPS) is 26.2. The number of carbonyl (C=O) groups excluding carboxylic acids is 3. The lowest BCUT2D eigenvalue weighted by Crippen LogP contribution is -2.42. The molecule has 7 atom stereocenters. The molecule has 6 unspecified atom stereocenters. The predicted octanol–water partition coefficient (Wildman–Crippen LogP) is 5.24. The number of thioether (sulfide) groups is 1. The smallest absolute Gasteiger partial charge is 0.305 e. The molecule has 0 spiro atoms. The Bertz CT molecular complexity index is 2010. The van der Waals surface area contributed by atoms with E-state index in [2.05, 4.69) is 10.3 Å². The van der Waals surface area contributed by atoms with Gasteiger partial charge in [-0.05, 0) is 97.3 Å². The number of aromatic hydroxyl groups is 1. The highest BCUT2D eigenvalue weighted by Gasteiger charge is 2.69. The summed E-state index contributed by atoms with van der Waals surface area (Å²) >= 11 is 2.83. The first-order chi connectivity index (χ1) is 23.7. The van der Waals surface area contributed by atoms with Crippen LogP contribution in [-0.4, -0.2) is 53.4 Å². The maximum absolute atomic E-state index is 14.1. The lowest BCUT2D eigenvalue weighted by atomic mass is 9.68. The Morgan fingerprint density at radius 1 is 0.959 bits per heavy atom. The van der Waals surface area contributed by atoms with Crippen molar-refractivity contribution in [3.05, 3.63) is 86.8 Å². The number of nitrogens with one attached hydrogen (secondary N) is 2. The number of benzene rings is 3. The van der Waals surface area contributed by atoms with Gasteiger partial charge in [0.25, 0.3) is 5.91 Å². The Morgan fingerprint density at radius 3 is 2.41 bits per heavy atom. The first-order valence-electron chi connectivity index (χ1n) is 16.2. The van der Waals surface area contributed by atoms with Gasteiger partial charge >= 0.3 is 4.87 Å². The molecule has 13 heteroatoms. The van der Waals surface area contributed by atoms with Crippen molar-refractivity contribution in [2.45, 2.75) is 29.5 Å². The number of H-pyrrole nitrogens is 1. The van der Waals surface area contributed by atoms with Gasteiger partial charge < -0.3 is 29.6 Å². The Kier molecular flexibility index (Phi) is 7.91. The fourth-order valence-corrected chi connectivity index (χ4v) is 11.3. The van der Waals surface area contributed by atoms with E-state index in [-0.39, 0.29) is 63.9 Å². The van der Waals surface area contributed by atoms with E-state index in [0.29, 0.717) is 35.2 Å². The highest BCUT2D eigenvalue weighted by atomic mass is 32.2. The maximum atomic E-state index is 14.1. The lowest BCUT2D eigenvalue weighted by Gasteiger charge is -2.43. The Hall–Kier alpha value is -4.75. The van der Waals surface area contributed by atoms with Gasteiger partial charge in [0.2, 0.25) is 11.8 Å². The fraction of sp³-hybridized carbons (Fsp3) is 0.333. The summed E-state index contributed by atoms with van der Waals surface area (Å²) < 4.78 is 17.2. The fourth-order valence-electron chi connectivity index (χ4n) is 8.37. The molecule has 3 aromatic carbocycles. The van der Waals surface area contributed by atoms with Crippen LogP contribution in [-0.2, 0) is 14.4 Å². The van der Waals surface area contributed by atoms with Crippen LogP contribution in [0.4, 0.5) is 11.4 Å². The number of hydrogen-bond acceptors (Lipinski definition) is 10. The number of phenols is 1. The molecule has 3 amide bonds. The molecular weight excluding hydrogens is 667 g/mol. The van der Waals surface area contributed by atoms with Crippen LogP contribution in [0.15, 0.2) is 76.6 Å². The van der Waals surface area contributed by atoms with E-state index in [0.717, 1.165) is 21.9 Å². The lowest BCUT2D eigenvalue weighted by molar-refractivity contribution is -0.123. The van der Waals surface area contributed by atoms with Gasteiger partial charge in [-0.25, -0.2) is 0 Å². The molecule has 49 heavy (non-hydrogen) atoms. The topological polar surface area (TPSA) is 147 Å². The Balaban J connectivity index is 1.09. The van der Waals surface area contributed by atoms with Crippen molar-refractivity contribution >= 4 is 52.2 Å². The molecule has 8 rings (SSSR count). The third-order valence-corrected chi connectivity index (χ3v) is 12.8. The first kappa shape index (κ1) is 31.5. The van der Waals surface area contributed by atoms with E-state index >= 15 is 0 Å². The summed E-state index contributed by atoms with van der Waals surface area (Å²) in [5.74, 6) is -0.142. The molecule has 3 heterocycles. The van der Waals surface area contributed by atoms with E-state index in [4.69, 9.17) is 14.2 Å². The molecule has 1 aromatic heterocycles. The van der Waals surface area contributed by atoms with E-state index in [9.17, 15) is 24.3 Å². The summed E-state index contributed by atoms with van der Waals surface area (Å²) in [6.45, 7) is 1.97. The van der Waals surface area contributed by atoms with Crippen molar-refractivity contribution in [2.24, 2.45) is 29.6 Å². The van der Waals surface area contributed by atoms with Gasteiger partial charge in [0, 0.05) is 21.7 Å². The van der Waals surface area contributed by atoms with Crippen molar-refractivity contribution < 1.29 is 33.7 Å². The largest absolute Gasteiger partial charge is 0.508 e. The van der Waals surface area contributed by atoms with Gasteiger partial charge in [-0.2, -0.15) is 0 Å². The number of aromatic amines is 1. The zero-order chi connectivity index (χ0) is 34.0. The van der Waals surface area contributed by atoms with Crippen molar-refractivity contribution in [1.29, 1.82) is 0 Å². The van der Waals surface area contributed by atoms with Crippen LogP contribution in [0.25, 0.3) is 0 Å². The van der Waals surface area contributed by atoms with E-state index in [1.807, 2.05) is 19.1 Å². The second-order valence-corrected chi connectivity index (χ2v) is 14.9. The number of nitrogens with zero attached hydrogens (tertiary/aromatic N) is 1. The number of imide groups is 1.